The molecular formula is C18H21N3O3S. The van der Waals surface area contributed by atoms with Crippen LogP contribution in [0.2, 0.25) is 0 Å². The summed E-state index contributed by atoms with van der Waals surface area (Å²) in [5, 5.41) is 3.94. The fourth-order valence-corrected chi connectivity index (χ4v) is 4.20. The van der Waals surface area contributed by atoms with Crippen LogP contribution in [0.15, 0.2) is 18.2 Å². The lowest BCUT2D eigenvalue weighted by atomic mass is 10.1. The molecule has 0 radical (unpaired) electrons. The van der Waals surface area contributed by atoms with Crippen LogP contribution in [0.25, 0.3) is 0 Å². The lowest BCUT2D eigenvalue weighted by Crippen LogP contribution is -2.28. The standard InChI is InChI=1S/C18H21N3O3S/c1-12-17(25-16(19-12)10-21-7-3-2-4-8-21)18(22)20-13-5-6-14-15(9-13)24-11-23-14/h5-6,9H,2-4,7-8,10-11H2,1H3,(H,20,22). The molecule has 132 valence electrons. The SMILES string of the molecule is Cc1nc(CN2CCCCC2)sc1C(=O)Nc1ccc2c(c1)OCO2. The van der Waals surface area contributed by atoms with Crippen molar-refractivity contribution in [2.45, 2.75) is 32.7 Å². The number of anilines is 1. The van der Waals surface area contributed by atoms with Crippen molar-refractivity contribution in [3.8, 4) is 11.5 Å². The highest BCUT2D eigenvalue weighted by atomic mass is 32.1. The van der Waals surface area contributed by atoms with Crippen LogP contribution in [0.4, 0.5) is 5.69 Å². The zero-order chi connectivity index (χ0) is 17.2. The van der Waals surface area contributed by atoms with Crippen LogP contribution < -0.4 is 14.8 Å². The molecule has 1 amide bonds. The van der Waals surface area contributed by atoms with E-state index in [1.165, 1.54) is 30.6 Å². The Hall–Kier alpha value is -2.12. The summed E-state index contributed by atoms with van der Waals surface area (Å²) in [5.74, 6) is 1.24. The van der Waals surface area contributed by atoms with Crippen LogP contribution in [0.5, 0.6) is 11.5 Å². The van der Waals surface area contributed by atoms with Gasteiger partial charge in [-0.25, -0.2) is 4.98 Å². The number of hydrogen-bond donors (Lipinski definition) is 1. The number of likely N-dealkylation sites (tertiary alicyclic amines) is 1. The van der Waals surface area contributed by atoms with Gasteiger partial charge in [-0.2, -0.15) is 0 Å². The Morgan fingerprint density at radius 3 is 2.88 bits per heavy atom. The van der Waals surface area contributed by atoms with Crippen molar-refractivity contribution in [2.24, 2.45) is 0 Å². The van der Waals surface area contributed by atoms with E-state index in [0.717, 1.165) is 30.3 Å². The lowest BCUT2D eigenvalue weighted by molar-refractivity contribution is 0.103. The number of hydrogen-bond acceptors (Lipinski definition) is 6. The first-order chi connectivity index (χ1) is 12.2. The smallest absolute Gasteiger partial charge is 0.267 e. The third-order valence-corrected chi connectivity index (χ3v) is 5.63. The van der Waals surface area contributed by atoms with Gasteiger partial charge in [-0.15, -0.1) is 11.3 Å². The molecule has 0 atom stereocenters. The molecule has 6 nitrogen and oxygen atoms in total. The molecule has 2 aliphatic rings. The number of fused-ring (bicyclic) bond motifs is 1. The lowest BCUT2D eigenvalue weighted by Gasteiger charge is -2.25. The average molecular weight is 359 g/mol. The van der Waals surface area contributed by atoms with Gasteiger partial charge in [-0.05, 0) is 45.0 Å². The molecular weight excluding hydrogens is 338 g/mol. The average Bonchev–Trinajstić information content (AvgIpc) is 3.21. The van der Waals surface area contributed by atoms with E-state index in [1.807, 2.05) is 13.0 Å². The second kappa shape index (κ2) is 7.01. The summed E-state index contributed by atoms with van der Waals surface area (Å²) in [4.78, 5) is 20.3. The number of nitrogens with one attached hydrogen (secondary N) is 1. The van der Waals surface area contributed by atoms with Crippen LogP contribution >= 0.6 is 11.3 Å². The monoisotopic (exact) mass is 359 g/mol. The first kappa shape index (κ1) is 16.4. The summed E-state index contributed by atoms with van der Waals surface area (Å²) in [5.41, 5.74) is 1.48. The van der Waals surface area contributed by atoms with E-state index in [0.29, 0.717) is 22.1 Å². The van der Waals surface area contributed by atoms with E-state index in [9.17, 15) is 4.79 Å². The van der Waals surface area contributed by atoms with Crippen molar-refractivity contribution in [1.29, 1.82) is 0 Å². The molecule has 2 aliphatic heterocycles. The molecule has 0 spiro atoms. The van der Waals surface area contributed by atoms with Crippen LogP contribution in [0, 0.1) is 6.92 Å². The third kappa shape index (κ3) is 3.62. The van der Waals surface area contributed by atoms with Crippen molar-refractivity contribution in [3.63, 3.8) is 0 Å². The van der Waals surface area contributed by atoms with Gasteiger partial charge in [0.05, 0.1) is 12.2 Å². The fraction of sp³-hybridized carbons (Fsp3) is 0.444. The van der Waals surface area contributed by atoms with Crippen molar-refractivity contribution >= 4 is 22.9 Å². The minimum atomic E-state index is -0.126. The van der Waals surface area contributed by atoms with Gasteiger partial charge in [0.25, 0.3) is 5.91 Å². The normalized spacial score (nSPS) is 16.8. The molecule has 0 bridgehead atoms. The Morgan fingerprint density at radius 1 is 1.24 bits per heavy atom. The van der Waals surface area contributed by atoms with Crippen LogP contribution in [0.1, 0.15) is 39.6 Å². The molecule has 1 fully saturated rings. The number of rotatable bonds is 4. The summed E-state index contributed by atoms with van der Waals surface area (Å²) in [6, 6.07) is 5.40. The second-order valence-electron chi connectivity index (χ2n) is 6.38. The Morgan fingerprint density at radius 2 is 2.04 bits per heavy atom. The Balaban J connectivity index is 1.44. The van der Waals surface area contributed by atoms with Crippen LogP contribution in [-0.4, -0.2) is 35.7 Å². The molecule has 25 heavy (non-hydrogen) atoms. The van der Waals surface area contributed by atoms with Gasteiger partial charge >= 0.3 is 0 Å². The summed E-state index contributed by atoms with van der Waals surface area (Å²) in [7, 11) is 0. The molecule has 4 rings (SSSR count). The number of nitrogens with zero attached hydrogens (tertiary/aromatic N) is 2. The van der Waals surface area contributed by atoms with Gasteiger partial charge in [0, 0.05) is 11.8 Å². The summed E-state index contributed by atoms with van der Waals surface area (Å²) in [6.45, 7) is 5.20. The number of amides is 1. The van der Waals surface area contributed by atoms with E-state index >= 15 is 0 Å². The minimum Gasteiger partial charge on any atom is -0.454 e. The minimum absolute atomic E-state index is 0.126. The Labute approximate surface area is 150 Å². The van der Waals surface area contributed by atoms with Crippen molar-refractivity contribution in [2.75, 3.05) is 25.2 Å². The van der Waals surface area contributed by atoms with Crippen LogP contribution in [0.3, 0.4) is 0 Å². The molecule has 0 saturated carbocycles. The summed E-state index contributed by atoms with van der Waals surface area (Å²) >= 11 is 1.49. The van der Waals surface area contributed by atoms with Gasteiger partial charge < -0.3 is 14.8 Å². The molecule has 3 heterocycles. The van der Waals surface area contributed by atoms with Crippen molar-refractivity contribution in [3.05, 3.63) is 33.8 Å². The van der Waals surface area contributed by atoms with E-state index in [1.54, 1.807) is 12.1 Å². The number of piperidine rings is 1. The zero-order valence-electron chi connectivity index (χ0n) is 14.2. The van der Waals surface area contributed by atoms with Gasteiger partial charge in [0.1, 0.15) is 9.88 Å². The third-order valence-electron chi connectivity index (χ3n) is 4.49. The van der Waals surface area contributed by atoms with Gasteiger partial charge in [-0.3, -0.25) is 9.69 Å². The highest BCUT2D eigenvalue weighted by Gasteiger charge is 2.19. The van der Waals surface area contributed by atoms with E-state index in [2.05, 4.69) is 15.2 Å². The summed E-state index contributed by atoms with van der Waals surface area (Å²) in [6.07, 6.45) is 3.82. The van der Waals surface area contributed by atoms with Gasteiger partial charge in [0.2, 0.25) is 6.79 Å². The maximum absolute atomic E-state index is 12.6. The topological polar surface area (TPSA) is 63.7 Å². The first-order valence-electron chi connectivity index (χ1n) is 8.59. The van der Waals surface area contributed by atoms with E-state index < -0.39 is 0 Å². The largest absolute Gasteiger partial charge is 0.454 e. The van der Waals surface area contributed by atoms with Gasteiger partial charge in [-0.1, -0.05) is 6.42 Å². The molecule has 0 aliphatic carbocycles. The predicted molar refractivity (Wildman–Crippen MR) is 96.5 cm³/mol. The van der Waals surface area contributed by atoms with Gasteiger partial charge in [0.15, 0.2) is 11.5 Å². The molecule has 7 heteroatoms. The number of carbonyl (C=O) groups is 1. The molecule has 2 aromatic rings. The quantitative estimate of drug-likeness (QED) is 0.906. The predicted octanol–water partition coefficient (Wildman–Crippen LogP) is 3.42. The fourth-order valence-electron chi connectivity index (χ4n) is 3.20. The maximum Gasteiger partial charge on any atom is 0.267 e. The molecule has 1 N–H and O–H groups in total. The zero-order valence-corrected chi connectivity index (χ0v) is 15.0. The Kier molecular flexibility index (Phi) is 4.59. The van der Waals surface area contributed by atoms with Crippen LogP contribution in [-0.2, 0) is 6.54 Å². The first-order valence-corrected chi connectivity index (χ1v) is 9.40. The summed E-state index contributed by atoms with van der Waals surface area (Å²) < 4.78 is 10.6. The van der Waals surface area contributed by atoms with E-state index in [4.69, 9.17) is 9.47 Å². The van der Waals surface area contributed by atoms with E-state index in [-0.39, 0.29) is 12.7 Å². The molecule has 1 aromatic carbocycles. The number of carbonyl (C=O) groups excluding carboxylic acids is 1. The number of aromatic nitrogens is 1. The molecule has 1 aromatic heterocycles. The molecule has 0 unspecified atom stereocenters. The maximum atomic E-state index is 12.6. The number of aryl methyl sites for hydroxylation is 1. The van der Waals surface area contributed by atoms with Crippen molar-refractivity contribution < 1.29 is 14.3 Å². The molecule has 1 saturated heterocycles. The number of thiazole rings is 1. The van der Waals surface area contributed by atoms with Crippen molar-refractivity contribution in [1.82, 2.24) is 9.88 Å². The number of ether oxygens (including phenoxy) is 2. The highest BCUT2D eigenvalue weighted by Crippen LogP contribution is 2.34. The Bertz CT molecular complexity index is 784. The number of benzene rings is 1. The highest BCUT2D eigenvalue weighted by molar-refractivity contribution is 7.13. The second-order valence-corrected chi connectivity index (χ2v) is 7.46.